The molecule has 0 fully saturated rings. The fraction of sp³-hybridized carbons (Fsp3) is 0.533. The number of benzene rings is 1. The number of rotatable bonds is 4. The Balaban J connectivity index is 2.93. The van der Waals surface area contributed by atoms with E-state index in [0.29, 0.717) is 18.3 Å². The van der Waals surface area contributed by atoms with Crippen molar-refractivity contribution in [3.05, 3.63) is 34.9 Å². The monoisotopic (exact) mass is 215 g/mol. The van der Waals surface area contributed by atoms with E-state index >= 15 is 0 Å². The average Bonchev–Trinajstić information content (AvgIpc) is 2.17. The maximum absolute atomic E-state index is 8.70. The normalized spacial score (nSPS) is 12.5. The summed E-state index contributed by atoms with van der Waals surface area (Å²) in [6.07, 6.45) is 1.66. The summed E-state index contributed by atoms with van der Waals surface area (Å²) in [7, 11) is 0. The van der Waals surface area contributed by atoms with Gasteiger partial charge >= 0.3 is 0 Å². The number of aryl methyl sites for hydroxylation is 1. The van der Waals surface area contributed by atoms with E-state index in [1.807, 2.05) is 0 Å². The minimum absolute atomic E-state index is 0.448. The van der Waals surface area contributed by atoms with Gasteiger partial charge in [0.15, 0.2) is 0 Å². The molecule has 1 aromatic rings. The molecule has 0 saturated heterocycles. The maximum atomic E-state index is 8.70. The molecule has 0 radical (unpaired) electrons. The quantitative estimate of drug-likeness (QED) is 0.738. The average molecular weight is 215 g/mol. The molecule has 0 aliphatic carbocycles. The van der Waals surface area contributed by atoms with Gasteiger partial charge in [-0.15, -0.1) is 0 Å². The van der Waals surface area contributed by atoms with Gasteiger partial charge in [0.1, 0.15) is 0 Å². The van der Waals surface area contributed by atoms with E-state index in [4.69, 9.17) is 5.26 Å². The lowest BCUT2D eigenvalue weighted by molar-refractivity contribution is 0.590. The Hall–Kier alpha value is -1.29. The maximum Gasteiger partial charge on any atom is 0.0624 e. The topological polar surface area (TPSA) is 23.8 Å². The van der Waals surface area contributed by atoms with Gasteiger partial charge in [-0.1, -0.05) is 44.5 Å². The van der Waals surface area contributed by atoms with Crippen molar-refractivity contribution in [3.8, 4) is 6.07 Å². The molecule has 86 valence electrons. The Morgan fingerprint density at radius 2 is 1.94 bits per heavy atom. The zero-order valence-corrected chi connectivity index (χ0v) is 10.7. The highest BCUT2D eigenvalue weighted by molar-refractivity contribution is 5.34. The molecule has 0 bridgehead atoms. The molecule has 0 spiro atoms. The van der Waals surface area contributed by atoms with Crippen LogP contribution in [0.4, 0.5) is 0 Å². The third-order valence-electron chi connectivity index (χ3n) is 2.93. The van der Waals surface area contributed by atoms with E-state index in [9.17, 15) is 0 Å². The summed E-state index contributed by atoms with van der Waals surface area (Å²) >= 11 is 0. The van der Waals surface area contributed by atoms with Crippen molar-refractivity contribution in [3.63, 3.8) is 0 Å². The molecule has 0 saturated carbocycles. The van der Waals surface area contributed by atoms with E-state index in [1.165, 1.54) is 16.7 Å². The predicted octanol–water partition coefficient (Wildman–Crippen LogP) is 4.21. The van der Waals surface area contributed by atoms with Crippen LogP contribution in [-0.4, -0.2) is 0 Å². The van der Waals surface area contributed by atoms with Crippen molar-refractivity contribution >= 4 is 0 Å². The largest absolute Gasteiger partial charge is 0.198 e. The van der Waals surface area contributed by atoms with E-state index < -0.39 is 0 Å². The number of nitrogens with zero attached hydrogens (tertiary/aromatic N) is 1. The van der Waals surface area contributed by atoms with Crippen molar-refractivity contribution in [1.82, 2.24) is 0 Å². The van der Waals surface area contributed by atoms with Crippen LogP contribution in [0.5, 0.6) is 0 Å². The van der Waals surface area contributed by atoms with Crippen LogP contribution in [0, 0.1) is 24.2 Å². The van der Waals surface area contributed by atoms with Gasteiger partial charge in [0.2, 0.25) is 0 Å². The SMILES string of the molecule is Cc1ccc(C(C)C)c(CC(C)CC#N)c1. The summed E-state index contributed by atoms with van der Waals surface area (Å²) in [5.41, 5.74) is 4.15. The molecule has 1 unspecified atom stereocenters. The highest BCUT2D eigenvalue weighted by Crippen LogP contribution is 2.24. The molecule has 0 amide bonds. The summed E-state index contributed by atoms with van der Waals surface area (Å²) < 4.78 is 0. The Kier molecular flexibility index (Phi) is 4.55. The van der Waals surface area contributed by atoms with Crippen LogP contribution >= 0.6 is 0 Å². The van der Waals surface area contributed by atoms with Crippen molar-refractivity contribution in [2.45, 2.75) is 46.5 Å². The summed E-state index contributed by atoms with van der Waals surface area (Å²) in [6.45, 7) is 8.73. The lowest BCUT2D eigenvalue weighted by atomic mass is 9.89. The lowest BCUT2D eigenvalue weighted by Gasteiger charge is -2.16. The van der Waals surface area contributed by atoms with Crippen LogP contribution in [0.2, 0.25) is 0 Å². The van der Waals surface area contributed by atoms with E-state index in [1.54, 1.807) is 0 Å². The van der Waals surface area contributed by atoms with E-state index in [0.717, 1.165) is 6.42 Å². The van der Waals surface area contributed by atoms with Gasteiger partial charge in [-0.05, 0) is 36.3 Å². The van der Waals surface area contributed by atoms with Crippen LogP contribution in [0.3, 0.4) is 0 Å². The molecule has 16 heavy (non-hydrogen) atoms. The first-order chi connectivity index (χ1) is 7.54. The molecule has 0 aliphatic rings. The number of hydrogen-bond acceptors (Lipinski definition) is 1. The third-order valence-corrected chi connectivity index (χ3v) is 2.93. The van der Waals surface area contributed by atoms with Gasteiger partial charge in [-0.3, -0.25) is 0 Å². The molecule has 0 heterocycles. The van der Waals surface area contributed by atoms with Crippen LogP contribution in [0.1, 0.15) is 49.8 Å². The molecule has 1 atom stereocenters. The van der Waals surface area contributed by atoms with Crippen molar-refractivity contribution in [2.75, 3.05) is 0 Å². The molecule has 0 aromatic heterocycles. The Morgan fingerprint density at radius 3 is 2.50 bits per heavy atom. The van der Waals surface area contributed by atoms with Gasteiger partial charge in [-0.25, -0.2) is 0 Å². The Labute approximate surface area is 99.1 Å². The zero-order chi connectivity index (χ0) is 12.1. The summed E-state index contributed by atoms with van der Waals surface area (Å²) in [6, 6.07) is 8.92. The Bertz CT molecular complexity index is 385. The second-order valence-electron chi connectivity index (χ2n) is 5.03. The molecular formula is C15H21N. The van der Waals surface area contributed by atoms with Crippen LogP contribution < -0.4 is 0 Å². The molecule has 1 aromatic carbocycles. The van der Waals surface area contributed by atoms with Gasteiger partial charge in [-0.2, -0.15) is 5.26 Å². The van der Waals surface area contributed by atoms with E-state index in [2.05, 4.69) is 52.0 Å². The van der Waals surface area contributed by atoms with Crippen molar-refractivity contribution < 1.29 is 0 Å². The third kappa shape index (κ3) is 3.38. The van der Waals surface area contributed by atoms with Crippen LogP contribution in [0.15, 0.2) is 18.2 Å². The molecule has 0 aliphatic heterocycles. The fourth-order valence-electron chi connectivity index (χ4n) is 2.08. The zero-order valence-electron chi connectivity index (χ0n) is 10.7. The van der Waals surface area contributed by atoms with Crippen molar-refractivity contribution in [1.29, 1.82) is 5.26 Å². The fourth-order valence-corrected chi connectivity index (χ4v) is 2.08. The van der Waals surface area contributed by atoms with Crippen LogP contribution in [0.25, 0.3) is 0 Å². The molecular weight excluding hydrogens is 194 g/mol. The second-order valence-corrected chi connectivity index (χ2v) is 5.03. The summed E-state index contributed by atoms with van der Waals surface area (Å²) in [4.78, 5) is 0. The highest BCUT2D eigenvalue weighted by atomic mass is 14.2. The number of nitriles is 1. The minimum Gasteiger partial charge on any atom is -0.198 e. The summed E-state index contributed by atoms with van der Waals surface area (Å²) in [5, 5.41) is 8.70. The minimum atomic E-state index is 0.448. The second kappa shape index (κ2) is 5.70. The molecule has 1 heteroatoms. The first-order valence-corrected chi connectivity index (χ1v) is 6.01. The van der Waals surface area contributed by atoms with Crippen molar-refractivity contribution in [2.24, 2.45) is 5.92 Å². The van der Waals surface area contributed by atoms with Crippen LogP contribution in [-0.2, 0) is 6.42 Å². The molecule has 1 rings (SSSR count). The smallest absolute Gasteiger partial charge is 0.0624 e. The van der Waals surface area contributed by atoms with E-state index in [-0.39, 0.29) is 0 Å². The summed E-state index contributed by atoms with van der Waals surface area (Å²) in [5.74, 6) is 1.01. The first kappa shape index (κ1) is 12.8. The van der Waals surface area contributed by atoms with Gasteiger partial charge in [0.25, 0.3) is 0 Å². The van der Waals surface area contributed by atoms with Gasteiger partial charge in [0, 0.05) is 6.42 Å². The predicted molar refractivity (Wildman–Crippen MR) is 68.4 cm³/mol. The van der Waals surface area contributed by atoms with Gasteiger partial charge in [0.05, 0.1) is 6.07 Å². The first-order valence-electron chi connectivity index (χ1n) is 6.01. The molecule has 1 nitrogen and oxygen atoms in total. The lowest BCUT2D eigenvalue weighted by Crippen LogP contribution is -2.04. The Morgan fingerprint density at radius 1 is 1.25 bits per heavy atom. The standard InChI is InChI=1S/C15H21N/c1-11(2)15-6-5-12(3)9-14(15)10-13(4)7-8-16/h5-6,9,11,13H,7,10H2,1-4H3. The highest BCUT2D eigenvalue weighted by Gasteiger charge is 2.10. The molecule has 0 N–H and O–H groups in total. The number of hydrogen-bond donors (Lipinski definition) is 0. The van der Waals surface area contributed by atoms with Gasteiger partial charge < -0.3 is 0 Å².